The van der Waals surface area contributed by atoms with Crippen molar-refractivity contribution in [2.24, 2.45) is 5.92 Å². The van der Waals surface area contributed by atoms with E-state index in [4.69, 9.17) is 9.47 Å². The minimum absolute atomic E-state index is 0.00111. The average Bonchev–Trinajstić information content (AvgIpc) is 3.23. The maximum Gasteiger partial charge on any atom is 0.225 e. The molecule has 0 radical (unpaired) electrons. The van der Waals surface area contributed by atoms with Gasteiger partial charge in [-0.05, 0) is 48.5 Å². The molecule has 4 heterocycles. The number of halogens is 2. The van der Waals surface area contributed by atoms with Crippen molar-refractivity contribution in [3.05, 3.63) is 121 Å². The van der Waals surface area contributed by atoms with Crippen LogP contribution in [0.4, 0.5) is 8.78 Å². The third-order valence-electron chi connectivity index (χ3n) is 10.6. The number of aromatic nitrogens is 2. The van der Waals surface area contributed by atoms with Crippen LogP contribution in [0.2, 0.25) is 0 Å². The highest BCUT2D eigenvalue weighted by molar-refractivity contribution is 5.84. The summed E-state index contributed by atoms with van der Waals surface area (Å²) in [6.07, 6.45) is 6.99. The van der Waals surface area contributed by atoms with Crippen LogP contribution in [-0.4, -0.2) is 70.0 Å². The Labute approximate surface area is 332 Å². The number of fused-ring (bicyclic) bond motifs is 2. The Morgan fingerprint density at radius 1 is 0.649 bits per heavy atom. The van der Waals surface area contributed by atoms with E-state index < -0.39 is 0 Å². The lowest BCUT2D eigenvalue weighted by atomic mass is 10.0. The van der Waals surface area contributed by atoms with Crippen molar-refractivity contribution in [1.82, 2.24) is 19.8 Å². The number of likely N-dealkylation sites (tertiary alicyclic amines) is 2. The van der Waals surface area contributed by atoms with Crippen LogP contribution in [0.25, 0.3) is 44.1 Å². The Morgan fingerprint density at radius 3 is 1.51 bits per heavy atom. The van der Waals surface area contributed by atoms with Crippen molar-refractivity contribution in [3.63, 3.8) is 0 Å². The van der Waals surface area contributed by atoms with Gasteiger partial charge in [0.2, 0.25) is 11.8 Å². The zero-order valence-corrected chi connectivity index (χ0v) is 32.7. The second-order valence-corrected chi connectivity index (χ2v) is 15.0. The summed E-state index contributed by atoms with van der Waals surface area (Å²) >= 11 is 0. The summed E-state index contributed by atoms with van der Waals surface area (Å²) in [7, 11) is 0. The van der Waals surface area contributed by atoms with Crippen LogP contribution >= 0.6 is 0 Å². The molecule has 294 valence electrons. The van der Waals surface area contributed by atoms with E-state index >= 15 is 0 Å². The summed E-state index contributed by atoms with van der Waals surface area (Å²) in [4.78, 5) is 36.4. The van der Waals surface area contributed by atoms with E-state index in [9.17, 15) is 18.4 Å². The number of para-hydroxylation sites is 2. The molecule has 2 aromatic heterocycles. The van der Waals surface area contributed by atoms with Gasteiger partial charge in [-0.2, -0.15) is 0 Å². The summed E-state index contributed by atoms with van der Waals surface area (Å²) < 4.78 is 41.5. The average molecular weight is 771 g/mol. The first-order valence-corrected chi connectivity index (χ1v) is 19.8. The fourth-order valence-corrected chi connectivity index (χ4v) is 7.43. The highest BCUT2D eigenvalue weighted by Crippen LogP contribution is 2.31. The number of rotatable bonds is 8. The first-order chi connectivity index (χ1) is 27.6. The predicted octanol–water partition coefficient (Wildman–Crippen LogP) is 9.89. The maximum atomic E-state index is 14.8. The molecule has 2 amide bonds. The number of amides is 2. The van der Waals surface area contributed by atoms with Gasteiger partial charge in [0.15, 0.2) is 0 Å². The molecule has 0 atom stereocenters. The van der Waals surface area contributed by atoms with Crippen LogP contribution in [0.3, 0.4) is 0 Å². The van der Waals surface area contributed by atoms with Crippen LogP contribution in [-0.2, 0) is 9.59 Å². The molecule has 10 heteroatoms. The summed E-state index contributed by atoms with van der Waals surface area (Å²) in [5.41, 5.74) is 4.28. The Bertz CT molecular complexity index is 2350. The number of ether oxygens (including phenoxy) is 2. The lowest BCUT2D eigenvalue weighted by Crippen LogP contribution is -2.43. The second-order valence-electron chi connectivity index (χ2n) is 15.0. The summed E-state index contributed by atoms with van der Waals surface area (Å²) in [6, 6.07) is 29.4. The van der Waals surface area contributed by atoms with Crippen LogP contribution < -0.4 is 9.47 Å². The Hall–Kier alpha value is -5.90. The van der Waals surface area contributed by atoms with Crippen molar-refractivity contribution >= 4 is 33.6 Å². The monoisotopic (exact) mass is 770 g/mol. The molecule has 4 aromatic carbocycles. The molecule has 6 aromatic rings. The number of nitrogens with zero attached hydrogens (tertiary/aromatic N) is 4. The number of pyridine rings is 2. The molecule has 0 saturated carbocycles. The van der Waals surface area contributed by atoms with Gasteiger partial charge in [0.05, 0.1) is 11.0 Å². The number of piperidine rings is 2. The van der Waals surface area contributed by atoms with Gasteiger partial charge >= 0.3 is 0 Å². The van der Waals surface area contributed by atoms with Gasteiger partial charge in [0.25, 0.3) is 0 Å². The van der Waals surface area contributed by atoms with Gasteiger partial charge in [-0.1, -0.05) is 57.2 Å². The summed E-state index contributed by atoms with van der Waals surface area (Å²) in [5, 5.41) is 1.96. The minimum Gasteiger partial charge on any atom is -0.490 e. The van der Waals surface area contributed by atoms with Crippen LogP contribution in [0, 0.1) is 17.6 Å². The third kappa shape index (κ3) is 9.56. The highest BCUT2D eigenvalue weighted by atomic mass is 19.1. The molecule has 0 spiro atoms. The third-order valence-corrected chi connectivity index (χ3v) is 10.6. The zero-order valence-electron chi connectivity index (χ0n) is 32.7. The van der Waals surface area contributed by atoms with E-state index in [0.717, 1.165) is 58.6 Å². The molecular weight excluding hydrogens is 723 g/mol. The summed E-state index contributed by atoms with van der Waals surface area (Å²) in [5.74, 6) is 0.767. The van der Waals surface area contributed by atoms with E-state index in [0.29, 0.717) is 55.2 Å². The fraction of sp³-hybridized carbons (Fsp3) is 0.319. The van der Waals surface area contributed by atoms with Gasteiger partial charge in [0.1, 0.15) is 35.3 Å². The molecule has 57 heavy (non-hydrogen) atoms. The van der Waals surface area contributed by atoms with Crippen molar-refractivity contribution in [2.45, 2.75) is 65.1 Å². The number of carbonyl (C=O) groups is 2. The van der Waals surface area contributed by atoms with E-state index in [1.807, 2.05) is 91.2 Å². The van der Waals surface area contributed by atoms with Crippen molar-refractivity contribution < 1.29 is 27.8 Å². The smallest absolute Gasteiger partial charge is 0.225 e. The number of hydrogen-bond acceptors (Lipinski definition) is 6. The van der Waals surface area contributed by atoms with E-state index in [1.165, 1.54) is 12.1 Å². The lowest BCUT2D eigenvalue weighted by molar-refractivity contribution is -0.136. The Balaban J connectivity index is 0.000000174. The molecule has 8 rings (SSSR count). The second kappa shape index (κ2) is 17.9. The number of carbonyl (C=O) groups excluding carboxylic acids is 2. The molecular formula is C47H48F2N4O4. The minimum atomic E-state index is -0.327. The van der Waals surface area contributed by atoms with Crippen LogP contribution in [0.1, 0.15) is 52.9 Å². The van der Waals surface area contributed by atoms with Gasteiger partial charge in [-0.3, -0.25) is 19.6 Å². The first-order valence-electron chi connectivity index (χ1n) is 19.8. The molecule has 2 aliphatic rings. The molecule has 0 unspecified atom stereocenters. The van der Waals surface area contributed by atoms with Gasteiger partial charge in [0, 0.05) is 122 Å². The zero-order chi connectivity index (χ0) is 39.9. The number of hydrogen-bond donors (Lipinski definition) is 0. The van der Waals surface area contributed by atoms with Crippen molar-refractivity contribution in [1.29, 1.82) is 0 Å². The SMILES string of the molecule is CC(C)C(=O)N1CCC(Oc2ccc(-c3cnc4ccccc4c3)c(F)c2)CC1.CCC(=O)N1CCC(Oc2ccc(-c3cnc4ccccc4c3)c(F)c2)CC1. The van der Waals surface area contributed by atoms with E-state index in [-0.39, 0.29) is 41.6 Å². The first kappa shape index (κ1) is 39.3. The molecule has 2 saturated heterocycles. The molecule has 8 nitrogen and oxygen atoms in total. The quantitative estimate of drug-likeness (QED) is 0.153. The van der Waals surface area contributed by atoms with Gasteiger partial charge < -0.3 is 19.3 Å². The Kier molecular flexibility index (Phi) is 12.4. The van der Waals surface area contributed by atoms with Gasteiger partial charge in [-0.15, -0.1) is 0 Å². The van der Waals surface area contributed by atoms with E-state index in [2.05, 4.69) is 9.97 Å². The van der Waals surface area contributed by atoms with Crippen molar-refractivity contribution in [3.8, 4) is 33.8 Å². The molecule has 2 fully saturated rings. The van der Waals surface area contributed by atoms with Crippen LogP contribution in [0.5, 0.6) is 11.5 Å². The molecule has 0 bridgehead atoms. The normalized spacial score (nSPS) is 15.1. The predicted molar refractivity (Wildman–Crippen MR) is 220 cm³/mol. The number of benzene rings is 4. The highest BCUT2D eigenvalue weighted by Gasteiger charge is 2.26. The maximum absolute atomic E-state index is 14.8. The molecule has 0 aliphatic carbocycles. The van der Waals surface area contributed by atoms with Crippen LogP contribution in [0.15, 0.2) is 109 Å². The molecule has 0 N–H and O–H groups in total. The largest absolute Gasteiger partial charge is 0.490 e. The van der Waals surface area contributed by atoms with Crippen molar-refractivity contribution in [2.75, 3.05) is 26.2 Å². The summed E-state index contributed by atoms with van der Waals surface area (Å²) in [6.45, 7) is 8.47. The standard InChI is InChI=1S/C24H25FN2O2.C23H23FN2O2/c1-16(2)24(28)27-11-9-19(10-12-27)29-20-7-8-21(22(25)14-20)18-13-17-5-3-4-6-23(17)26-15-18;1-2-23(27)26-11-9-18(10-12-26)28-19-7-8-20(21(24)14-19)17-13-16-5-3-4-6-22(16)25-15-17/h3-8,13-16,19H,9-12H2,1-2H3;3-8,13-15,18H,2,9-12H2,1H3. The topological polar surface area (TPSA) is 84.9 Å². The Morgan fingerprint density at radius 2 is 1.09 bits per heavy atom. The fourth-order valence-electron chi connectivity index (χ4n) is 7.43. The molecule has 2 aliphatic heterocycles. The van der Waals surface area contributed by atoms with Gasteiger partial charge in [-0.25, -0.2) is 8.78 Å². The van der Waals surface area contributed by atoms with E-state index in [1.54, 1.807) is 36.7 Å². The lowest BCUT2D eigenvalue weighted by Gasteiger charge is -2.33.